The molecular weight excluding hydrogens is 346 g/mol. The number of rotatable bonds is 5. The maximum absolute atomic E-state index is 12.6. The van der Waals surface area contributed by atoms with Gasteiger partial charge >= 0.3 is 0 Å². The lowest BCUT2D eigenvalue weighted by Gasteiger charge is -2.46. The maximum atomic E-state index is 12.6. The topological polar surface area (TPSA) is 77.1 Å². The summed E-state index contributed by atoms with van der Waals surface area (Å²) < 4.78 is 0. The molecule has 0 N–H and O–H groups in total. The van der Waals surface area contributed by atoms with Crippen LogP contribution < -0.4 is 4.90 Å². The van der Waals surface area contributed by atoms with Crippen LogP contribution in [-0.2, 0) is 22.6 Å². The van der Waals surface area contributed by atoms with Crippen LogP contribution in [0.5, 0.6) is 0 Å². The Bertz CT molecular complexity index is 762. The summed E-state index contributed by atoms with van der Waals surface area (Å²) >= 11 is 0. The zero-order valence-corrected chi connectivity index (χ0v) is 15.6. The van der Waals surface area contributed by atoms with Gasteiger partial charge in [0.2, 0.25) is 12.3 Å². The van der Waals surface area contributed by atoms with Gasteiger partial charge in [0.1, 0.15) is 11.5 Å². The van der Waals surface area contributed by atoms with Gasteiger partial charge in [-0.3, -0.25) is 24.2 Å². The molecule has 4 heterocycles. The number of hydrogen-bond donors (Lipinski definition) is 0. The molecule has 1 aromatic rings. The molecule has 8 nitrogen and oxygen atoms in total. The average molecular weight is 371 g/mol. The molecule has 0 unspecified atom stereocenters. The van der Waals surface area contributed by atoms with Gasteiger partial charge < -0.3 is 9.80 Å². The lowest BCUT2D eigenvalue weighted by atomic mass is 10.0. The number of carbonyl (C=O) groups is 3. The molecule has 0 aliphatic carbocycles. The molecule has 2 amide bonds. The Morgan fingerprint density at radius 2 is 2.04 bits per heavy atom. The van der Waals surface area contributed by atoms with Crippen LogP contribution in [0, 0.1) is 0 Å². The lowest BCUT2D eigenvalue weighted by molar-refractivity contribution is -0.139. The molecule has 0 saturated carbocycles. The van der Waals surface area contributed by atoms with Crippen molar-refractivity contribution in [2.24, 2.45) is 0 Å². The molecule has 0 radical (unpaired) electrons. The van der Waals surface area contributed by atoms with Crippen molar-refractivity contribution in [2.45, 2.75) is 25.4 Å². The van der Waals surface area contributed by atoms with Crippen LogP contribution in [-0.4, -0.2) is 90.6 Å². The van der Waals surface area contributed by atoms with E-state index in [0.717, 1.165) is 56.3 Å². The van der Waals surface area contributed by atoms with Crippen molar-refractivity contribution in [1.29, 1.82) is 0 Å². The summed E-state index contributed by atoms with van der Waals surface area (Å²) in [5.41, 5.74) is 2.05. The molecule has 4 rings (SSSR count). The number of amides is 2. The Labute approximate surface area is 158 Å². The van der Waals surface area contributed by atoms with Gasteiger partial charge in [-0.2, -0.15) is 0 Å². The lowest BCUT2D eigenvalue weighted by Crippen LogP contribution is -2.63. The quantitative estimate of drug-likeness (QED) is 0.665. The van der Waals surface area contributed by atoms with Gasteiger partial charge in [0.25, 0.3) is 0 Å². The van der Waals surface area contributed by atoms with Crippen LogP contribution in [0.15, 0.2) is 6.07 Å². The van der Waals surface area contributed by atoms with Gasteiger partial charge in [0, 0.05) is 50.9 Å². The number of nitrogens with zero attached hydrogens (tertiary/aromatic N) is 5. The highest BCUT2D eigenvalue weighted by Gasteiger charge is 2.34. The van der Waals surface area contributed by atoms with E-state index in [9.17, 15) is 14.4 Å². The third-order valence-electron chi connectivity index (χ3n) is 5.82. The average Bonchev–Trinajstić information content (AvgIpc) is 2.66. The largest absolute Gasteiger partial charge is 0.336 e. The normalized spacial score (nSPS) is 21.7. The fourth-order valence-corrected chi connectivity index (χ4v) is 4.22. The molecule has 0 atom stereocenters. The summed E-state index contributed by atoms with van der Waals surface area (Å²) in [6.07, 6.45) is 3.19. The van der Waals surface area contributed by atoms with E-state index in [1.807, 2.05) is 11.0 Å². The molecule has 0 bridgehead atoms. The second kappa shape index (κ2) is 7.36. The van der Waals surface area contributed by atoms with Gasteiger partial charge in [0.15, 0.2) is 6.29 Å². The summed E-state index contributed by atoms with van der Waals surface area (Å²) in [5.74, 6) is 0.673. The zero-order valence-electron chi connectivity index (χ0n) is 15.6. The molecule has 2 saturated heterocycles. The number of piperazine rings is 1. The van der Waals surface area contributed by atoms with Gasteiger partial charge in [-0.05, 0) is 31.5 Å². The van der Waals surface area contributed by atoms with Crippen molar-refractivity contribution in [3.05, 3.63) is 22.9 Å². The number of aldehydes is 1. The molecule has 1 aromatic heterocycles. The number of fused-ring (bicyclic) bond motifs is 1. The Balaban J connectivity index is 1.48. The first kappa shape index (κ1) is 18.1. The Kier molecular flexibility index (Phi) is 4.92. The first-order valence-electron chi connectivity index (χ1n) is 9.49. The summed E-state index contributed by atoms with van der Waals surface area (Å²) in [6.45, 7) is 5.01. The van der Waals surface area contributed by atoms with Gasteiger partial charge in [0.05, 0.1) is 6.54 Å². The summed E-state index contributed by atoms with van der Waals surface area (Å²) in [4.78, 5) is 47.7. The minimum Gasteiger partial charge on any atom is -0.336 e. The number of likely N-dealkylation sites (tertiary alicyclic amines) is 1. The smallest absolute Gasteiger partial charge is 0.237 e. The first-order valence-corrected chi connectivity index (χ1v) is 9.49. The number of likely N-dealkylation sites (N-methyl/N-ethyl adjacent to an activating group) is 1. The second-order valence-corrected chi connectivity index (χ2v) is 7.70. The van der Waals surface area contributed by atoms with E-state index in [4.69, 9.17) is 0 Å². The van der Waals surface area contributed by atoms with E-state index in [1.165, 1.54) is 0 Å². The van der Waals surface area contributed by atoms with Crippen LogP contribution in [0.4, 0.5) is 5.82 Å². The minimum atomic E-state index is 0.0971. The summed E-state index contributed by atoms with van der Waals surface area (Å²) in [6, 6.07) is 2.42. The van der Waals surface area contributed by atoms with E-state index in [2.05, 4.69) is 21.8 Å². The zero-order chi connectivity index (χ0) is 19.0. The van der Waals surface area contributed by atoms with Crippen LogP contribution in [0.3, 0.4) is 0 Å². The molecule has 8 heteroatoms. The van der Waals surface area contributed by atoms with Crippen LogP contribution in [0.25, 0.3) is 0 Å². The third kappa shape index (κ3) is 3.46. The van der Waals surface area contributed by atoms with Crippen molar-refractivity contribution in [3.63, 3.8) is 0 Å². The Morgan fingerprint density at radius 1 is 1.22 bits per heavy atom. The highest BCUT2D eigenvalue weighted by atomic mass is 16.2. The number of aryl methyl sites for hydroxylation is 1. The van der Waals surface area contributed by atoms with Crippen molar-refractivity contribution < 1.29 is 14.4 Å². The van der Waals surface area contributed by atoms with E-state index in [1.54, 1.807) is 4.90 Å². The summed E-state index contributed by atoms with van der Waals surface area (Å²) in [5, 5.41) is 0. The molecular formula is C19H25N5O3. The van der Waals surface area contributed by atoms with Crippen molar-refractivity contribution in [2.75, 3.05) is 51.2 Å². The second-order valence-electron chi connectivity index (χ2n) is 7.70. The molecule has 27 heavy (non-hydrogen) atoms. The first-order chi connectivity index (χ1) is 13.1. The van der Waals surface area contributed by atoms with Gasteiger partial charge in [-0.1, -0.05) is 0 Å². The molecule has 3 aliphatic rings. The maximum Gasteiger partial charge on any atom is 0.237 e. The van der Waals surface area contributed by atoms with E-state index in [-0.39, 0.29) is 5.91 Å². The van der Waals surface area contributed by atoms with E-state index >= 15 is 0 Å². The highest BCUT2D eigenvalue weighted by molar-refractivity contribution is 5.82. The minimum absolute atomic E-state index is 0.0971. The number of pyridine rings is 1. The number of hydrogen-bond acceptors (Lipinski definition) is 6. The fraction of sp³-hybridized carbons (Fsp3) is 0.579. The summed E-state index contributed by atoms with van der Waals surface area (Å²) in [7, 11) is 2.09. The monoisotopic (exact) mass is 371 g/mol. The number of carbonyl (C=O) groups excluding carboxylic acids is 3. The Hall–Kier alpha value is -2.32. The van der Waals surface area contributed by atoms with Crippen molar-refractivity contribution in [1.82, 2.24) is 19.7 Å². The number of aromatic nitrogens is 1. The van der Waals surface area contributed by atoms with E-state index in [0.29, 0.717) is 43.7 Å². The van der Waals surface area contributed by atoms with Crippen molar-refractivity contribution >= 4 is 24.4 Å². The number of anilines is 1. The third-order valence-corrected chi connectivity index (χ3v) is 5.82. The molecule has 2 fully saturated rings. The fourth-order valence-electron chi connectivity index (χ4n) is 4.22. The molecule has 0 spiro atoms. The Morgan fingerprint density at radius 3 is 2.70 bits per heavy atom. The predicted molar refractivity (Wildman–Crippen MR) is 99.6 cm³/mol. The molecule has 144 valence electrons. The van der Waals surface area contributed by atoms with Gasteiger partial charge in [-0.15, -0.1) is 0 Å². The van der Waals surface area contributed by atoms with E-state index < -0.39 is 0 Å². The highest BCUT2D eigenvalue weighted by Crippen LogP contribution is 2.27. The van der Waals surface area contributed by atoms with Crippen LogP contribution in [0.1, 0.15) is 28.0 Å². The molecule has 3 aliphatic heterocycles. The van der Waals surface area contributed by atoms with Crippen molar-refractivity contribution in [3.8, 4) is 0 Å². The predicted octanol–water partition coefficient (Wildman–Crippen LogP) is -0.239. The van der Waals surface area contributed by atoms with Gasteiger partial charge in [-0.25, -0.2) is 4.98 Å². The molecule has 0 aromatic carbocycles. The standard InChI is InChI=1S/C19H25N5O3/c1-21-9-16(10-21)22-5-6-23(18(27)11-22)8-15-7-14-3-2-4-24(13-26)19(14)20-17(15)12-25/h7,12-13,16H,2-6,8-11H2,1H3. The SMILES string of the molecule is CN1CC(N2CCN(Cc3cc4c(nc3C=O)N(C=O)CCC4)C(=O)C2)C1. The van der Waals surface area contributed by atoms with Crippen LogP contribution in [0.2, 0.25) is 0 Å². The van der Waals surface area contributed by atoms with Crippen LogP contribution >= 0.6 is 0 Å².